The Morgan fingerprint density at radius 2 is 1.33 bits per heavy atom. The molecule has 0 aromatic heterocycles. The third-order valence-electron chi connectivity index (χ3n) is 5.12. The van der Waals surface area contributed by atoms with Gasteiger partial charge in [-0.15, -0.1) is 0 Å². The Kier molecular flexibility index (Phi) is 14.6. The molecule has 0 aliphatic rings. The molecule has 1 aromatic rings. The largest absolute Gasteiger partial charge is 0.481 e. The molecule has 0 aliphatic heterocycles. The number of benzene rings is 1. The van der Waals surface area contributed by atoms with Crippen molar-refractivity contribution in [2.75, 3.05) is 24.0 Å². The van der Waals surface area contributed by atoms with Gasteiger partial charge in [0.15, 0.2) is 0 Å². The summed E-state index contributed by atoms with van der Waals surface area (Å²) in [5.74, 6) is -3.77. The lowest BCUT2D eigenvalue weighted by Crippen LogP contribution is -2.57. The lowest BCUT2D eigenvalue weighted by Gasteiger charge is -2.24. The summed E-state index contributed by atoms with van der Waals surface area (Å²) in [4.78, 5) is 61.3. The van der Waals surface area contributed by atoms with Crippen LogP contribution in [0.4, 0.5) is 0 Å². The number of carboxylic acids is 2. The van der Waals surface area contributed by atoms with E-state index in [1.54, 1.807) is 36.6 Å². The van der Waals surface area contributed by atoms with Crippen molar-refractivity contribution in [3.05, 3.63) is 35.9 Å². The van der Waals surface area contributed by atoms with Crippen molar-refractivity contribution in [2.45, 2.75) is 49.9 Å². The van der Waals surface area contributed by atoms with Gasteiger partial charge in [0.05, 0.1) is 12.5 Å². The minimum atomic E-state index is -1.46. The number of thioether (sulfide) groups is 2. The second kappa shape index (κ2) is 16.8. The summed E-state index contributed by atoms with van der Waals surface area (Å²) in [6.07, 6.45) is 3.48. The monoisotopic (exact) mass is 542 g/mol. The molecule has 13 heteroatoms. The number of carboxylic acid groups (broad SMARTS) is 2. The quantitative estimate of drug-likeness (QED) is 0.157. The second-order valence-corrected chi connectivity index (χ2v) is 9.95. The van der Waals surface area contributed by atoms with Gasteiger partial charge >= 0.3 is 11.9 Å². The standard InChI is InChI=1S/C23H34N4O7S2/c1-35-10-8-15(24)20(30)26-17(13-19(28)29)22(32)25-16(9-11-36-2)21(31)27-18(23(33)34)12-14-6-4-3-5-7-14/h3-7,15-18H,8-13,24H2,1-2H3,(H,25,32)(H,26,30)(H,27,31)(H,28,29)(H,33,34). The van der Waals surface area contributed by atoms with Crippen molar-refractivity contribution in [2.24, 2.45) is 5.73 Å². The molecule has 0 saturated heterocycles. The first-order valence-corrected chi connectivity index (χ1v) is 14.0. The van der Waals surface area contributed by atoms with Crippen molar-refractivity contribution in [1.29, 1.82) is 0 Å². The van der Waals surface area contributed by atoms with Crippen molar-refractivity contribution < 1.29 is 34.2 Å². The topological polar surface area (TPSA) is 188 Å². The van der Waals surface area contributed by atoms with Crippen LogP contribution in [0.5, 0.6) is 0 Å². The van der Waals surface area contributed by atoms with Crippen molar-refractivity contribution >= 4 is 53.2 Å². The maximum Gasteiger partial charge on any atom is 0.326 e. The van der Waals surface area contributed by atoms with E-state index in [9.17, 15) is 34.2 Å². The molecule has 200 valence electrons. The number of aliphatic carboxylic acids is 2. The lowest BCUT2D eigenvalue weighted by atomic mass is 10.0. The van der Waals surface area contributed by atoms with Crippen molar-refractivity contribution in [1.82, 2.24) is 16.0 Å². The first-order chi connectivity index (χ1) is 17.1. The fraction of sp³-hybridized carbons (Fsp3) is 0.522. The zero-order valence-corrected chi connectivity index (χ0v) is 21.9. The first-order valence-electron chi connectivity index (χ1n) is 11.2. The minimum absolute atomic E-state index is 0.0384. The van der Waals surface area contributed by atoms with Crippen LogP contribution in [0.15, 0.2) is 30.3 Å². The number of rotatable bonds is 17. The molecule has 0 fully saturated rings. The van der Waals surface area contributed by atoms with Gasteiger partial charge in [0.1, 0.15) is 18.1 Å². The Morgan fingerprint density at radius 3 is 1.89 bits per heavy atom. The van der Waals surface area contributed by atoms with E-state index >= 15 is 0 Å². The fourth-order valence-electron chi connectivity index (χ4n) is 3.14. The summed E-state index contributed by atoms with van der Waals surface area (Å²) >= 11 is 2.90. The van der Waals surface area contributed by atoms with E-state index in [-0.39, 0.29) is 12.8 Å². The molecule has 0 saturated carbocycles. The average molecular weight is 543 g/mol. The number of carbonyl (C=O) groups excluding carboxylic acids is 3. The molecule has 4 unspecified atom stereocenters. The van der Waals surface area contributed by atoms with Gasteiger partial charge in [0.25, 0.3) is 0 Å². The average Bonchev–Trinajstić information content (AvgIpc) is 2.84. The Hall–Kier alpha value is -2.77. The molecule has 0 bridgehead atoms. The van der Waals surface area contributed by atoms with Crippen LogP contribution in [0.1, 0.15) is 24.8 Å². The highest BCUT2D eigenvalue weighted by molar-refractivity contribution is 7.98. The van der Waals surface area contributed by atoms with Crippen LogP contribution < -0.4 is 21.7 Å². The number of nitrogens with one attached hydrogen (secondary N) is 3. The third-order valence-corrected chi connectivity index (χ3v) is 6.41. The third kappa shape index (κ3) is 11.8. The molecule has 0 heterocycles. The Balaban J connectivity index is 2.96. The van der Waals surface area contributed by atoms with E-state index in [2.05, 4.69) is 16.0 Å². The van der Waals surface area contributed by atoms with Gasteiger partial charge in [0, 0.05) is 6.42 Å². The van der Waals surface area contributed by atoms with E-state index in [1.165, 1.54) is 23.5 Å². The maximum atomic E-state index is 13.0. The van der Waals surface area contributed by atoms with Gasteiger partial charge in [0.2, 0.25) is 17.7 Å². The van der Waals surface area contributed by atoms with Crippen molar-refractivity contribution in [3.8, 4) is 0 Å². The summed E-state index contributed by atoms with van der Waals surface area (Å²) in [5.41, 5.74) is 6.52. The van der Waals surface area contributed by atoms with Gasteiger partial charge in [-0.3, -0.25) is 19.2 Å². The molecule has 1 rings (SSSR count). The van der Waals surface area contributed by atoms with Gasteiger partial charge in [-0.1, -0.05) is 30.3 Å². The molecule has 0 aliphatic carbocycles. The van der Waals surface area contributed by atoms with Gasteiger partial charge in [-0.05, 0) is 42.4 Å². The number of carbonyl (C=O) groups is 5. The summed E-state index contributed by atoms with van der Waals surface area (Å²) in [7, 11) is 0. The first kappa shape index (κ1) is 31.3. The highest BCUT2D eigenvalue weighted by Gasteiger charge is 2.31. The molecule has 1 aromatic carbocycles. The number of hydrogen-bond donors (Lipinski definition) is 6. The van der Waals surface area contributed by atoms with Crippen LogP contribution in [0.2, 0.25) is 0 Å². The molecule has 4 atom stereocenters. The van der Waals surface area contributed by atoms with Crippen LogP contribution in [0.25, 0.3) is 0 Å². The van der Waals surface area contributed by atoms with Gasteiger partial charge in [-0.25, -0.2) is 4.79 Å². The zero-order chi connectivity index (χ0) is 27.1. The normalized spacial score (nSPS) is 14.1. The summed E-state index contributed by atoms with van der Waals surface area (Å²) in [6.45, 7) is 0. The van der Waals surface area contributed by atoms with Gasteiger partial charge in [-0.2, -0.15) is 23.5 Å². The van der Waals surface area contributed by atoms with E-state index in [1.807, 2.05) is 6.26 Å². The molecule has 36 heavy (non-hydrogen) atoms. The number of amides is 3. The van der Waals surface area contributed by atoms with E-state index in [0.717, 1.165) is 0 Å². The van der Waals surface area contributed by atoms with Crippen LogP contribution in [0.3, 0.4) is 0 Å². The molecule has 7 N–H and O–H groups in total. The second-order valence-electron chi connectivity index (χ2n) is 7.98. The van der Waals surface area contributed by atoms with E-state index in [4.69, 9.17) is 5.73 Å². The van der Waals surface area contributed by atoms with Crippen LogP contribution in [-0.4, -0.2) is 88.1 Å². The highest BCUT2D eigenvalue weighted by atomic mass is 32.2. The van der Waals surface area contributed by atoms with Gasteiger partial charge < -0.3 is 31.9 Å². The molecule has 0 spiro atoms. The van der Waals surface area contributed by atoms with Crippen molar-refractivity contribution in [3.63, 3.8) is 0 Å². The van der Waals surface area contributed by atoms with E-state index in [0.29, 0.717) is 23.5 Å². The smallest absolute Gasteiger partial charge is 0.326 e. The molecular formula is C23H34N4O7S2. The highest BCUT2D eigenvalue weighted by Crippen LogP contribution is 2.07. The maximum absolute atomic E-state index is 13.0. The molecule has 11 nitrogen and oxygen atoms in total. The summed E-state index contributed by atoms with van der Waals surface area (Å²) in [5, 5.41) is 26.1. The predicted octanol–water partition coefficient (Wildman–Crippen LogP) is 0.0763. The molecule has 3 amide bonds. The summed E-state index contributed by atoms with van der Waals surface area (Å²) in [6, 6.07) is 4.00. The molecule has 0 radical (unpaired) electrons. The zero-order valence-electron chi connectivity index (χ0n) is 20.3. The predicted molar refractivity (Wildman–Crippen MR) is 140 cm³/mol. The van der Waals surface area contributed by atoms with E-state index < -0.39 is 60.2 Å². The van der Waals surface area contributed by atoms with Crippen LogP contribution in [-0.2, 0) is 30.4 Å². The summed E-state index contributed by atoms with van der Waals surface area (Å²) < 4.78 is 0. The minimum Gasteiger partial charge on any atom is -0.481 e. The number of hydrogen-bond acceptors (Lipinski definition) is 8. The Labute approximate surface area is 218 Å². The Bertz CT molecular complexity index is 888. The fourth-order valence-corrected chi connectivity index (χ4v) is 4.10. The Morgan fingerprint density at radius 1 is 0.806 bits per heavy atom. The van der Waals surface area contributed by atoms with Crippen LogP contribution in [0, 0.1) is 0 Å². The van der Waals surface area contributed by atoms with Crippen LogP contribution >= 0.6 is 23.5 Å². The SMILES string of the molecule is CSCCC(N)C(=O)NC(CC(=O)O)C(=O)NC(CCSC)C(=O)NC(Cc1ccccc1)C(=O)O. The number of nitrogens with two attached hydrogens (primary N) is 1. The lowest BCUT2D eigenvalue weighted by molar-refractivity contribution is -0.143. The molecular weight excluding hydrogens is 508 g/mol.